The van der Waals surface area contributed by atoms with Crippen LogP contribution in [0.2, 0.25) is 0 Å². The van der Waals surface area contributed by atoms with Crippen molar-refractivity contribution < 1.29 is 22.6 Å². The minimum Gasteiger partial charge on any atom is -0.491 e. The quantitative estimate of drug-likeness (QED) is 0.620. The Hall–Kier alpha value is -1.19. The minimum atomic E-state index is -3.54. The molecule has 1 aliphatic heterocycles. The summed E-state index contributed by atoms with van der Waals surface area (Å²) in [7, 11) is -3.54. The van der Waals surface area contributed by atoms with Gasteiger partial charge in [0.15, 0.2) is 0 Å². The van der Waals surface area contributed by atoms with Gasteiger partial charge in [-0.25, -0.2) is 13.1 Å². The molecule has 1 N–H and O–H groups in total. The minimum absolute atomic E-state index is 0.176. The summed E-state index contributed by atoms with van der Waals surface area (Å²) >= 11 is 0. The molecule has 1 aliphatic rings. The van der Waals surface area contributed by atoms with Gasteiger partial charge in [0.25, 0.3) is 0 Å². The zero-order chi connectivity index (χ0) is 18.1. The Morgan fingerprint density at radius 2 is 1.88 bits per heavy atom. The molecule has 1 unspecified atom stereocenters. The van der Waals surface area contributed by atoms with Gasteiger partial charge in [-0.2, -0.15) is 0 Å². The Bertz CT molecular complexity index is 600. The fraction of sp³-hybridized carbons (Fsp3) is 0.647. The SMILES string of the molecule is CCOCCOc1ccc(S(=O)(=O)NC(C)CN2CCOCC2)cc1. The normalized spacial score (nSPS) is 17.4. The van der Waals surface area contributed by atoms with E-state index in [9.17, 15) is 8.42 Å². The number of rotatable bonds is 10. The maximum absolute atomic E-state index is 12.5. The number of hydrogen-bond acceptors (Lipinski definition) is 6. The smallest absolute Gasteiger partial charge is 0.240 e. The van der Waals surface area contributed by atoms with E-state index in [1.807, 2.05) is 13.8 Å². The second kappa shape index (κ2) is 10.1. The van der Waals surface area contributed by atoms with Crippen molar-refractivity contribution in [2.75, 3.05) is 52.7 Å². The Balaban J connectivity index is 1.85. The van der Waals surface area contributed by atoms with Gasteiger partial charge in [-0.05, 0) is 38.1 Å². The predicted molar refractivity (Wildman–Crippen MR) is 95.5 cm³/mol. The summed E-state index contributed by atoms with van der Waals surface area (Å²) in [4.78, 5) is 2.44. The van der Waals surface area contributed by atoms with Crippen molar-refractivity contribution in [3.8, 4) is 5.75 Å². The monoisotopic (exact) mass is 372 g/mol. The Kier molecular flexibility index (Phi) is 8.11. The molecule has 0 saturated carbocycles. The Labute approximate surface area is 150 Å². The van der Waals surface area contributed by atoms with Crippen LogP contribution in [0, 0.1) is 0 Å². The molecule has 1 heterocycles. The summed E-state index contributed by atoms with van der Waals surface area (Å²) in [5, 5.41) is 0. The summed E-state index contributed by atoms with van der Waals surface area (Å²) in [5.74, 6) is 0.625. The van der Waals surface area contributed by atoms with Gasteiger partial charge in [0.1, 0.15) is 12.4 Å². The van der Waals surface area contributed by atoms with Crippen molar-refractivity contribution in [3.63, 3.8) is 0 Å². The Morgan fingerprint density at radius 3 is 2.52 bits per heavy atom. The van der Waals surface area contributed by atoms with Crippen molar-refractivity contribution in [3.05, 3.63) is 24.3 Å². The maximum Gasteiger partial charge on any atom is 0.240 e. The average Bonchev–Trinajstić information content (AvgIpc) is 2.59. The topological polar surface area (TPSA) is 77.1 Å². The second-order valence-electron chi connectivity index (χ2n) is 5.95. The van der Waals surface area contributed by atoms with E-state index in [1.165, 1.54) is 0 Å². The van der Waals surface area contributed by atoms with Crippen LogP contribution >= 0.6 is 0 Å². The number of morpholine rings is 1. The van der Waals surface area contributed by atoms with Crippen LogP contribution in [0.15, 0.2) is 29.2 Å². The fourth-order valence-corrected chi connectivity index (χ4v) is 3.85. The zero-order valence-electron chi connectivity index (χ0n) is 14.9. The third-order valence-corrected chi connectivity index (χ3v) is 5.43. The first-order valence-corrected chi connectivity index (χ1v) is 10.1. The van der Waals surface area contributed by atoms with Gasteiger partial charge in [-0.1, -0.05) is 0 Å². The van der Waals surface area contributed by atoms with E-state index in [0.29, 0.717) is 45.3 Å². The van der Waals surface area contributed by atoms with Crippen LogP contribution in [0.5, 0.6) is 5.75 Å². The highest BCUT2D eigenvalue weighted by atomic mass is 32.2. The summed E-state index contributed by atoms with van der Waals surface area (Å²) in [6, 6.07) is 6.25. The molecule has 25 heavy (non-hydrogen) atoms. The summed E-state index contributed by atoms with van der Waals surface area (Å²) in [5.41, 5.74) is 0. The van der Waals surface area contributed by atoms with Crippen LogP contribution < -0.4 is 9.46 Å². The molecular weight excluding hydrogens is 344 g/mol. The van der Waals surface area contributed by atoms with Gasteiger partial charge < -0.3 is 14.2 Å². The first-order chi connectivity index (χ1) is 12.0. The molecule has 1 aromatic carbocycles. The average molecular weight is 372 g/mol. The number of sulfonamides is 1. The highest BCUT2D eigenvalue weighted by molar-refractivity contribution is 7.89. The number of ether oxygens (including phenoxy) is 3. The molecule has 0 aromatic heterocycles. The van der Waals surface area contributed by atoms with Crippen LogP contribution in [0.3, 0.4) is 0 Å². The fourth-order valence-electron chi connectivity index (χ4n) is 2.62. The van der Waals surface area contributed by atoms with E-state index in [0.717, 1.165) is 13.1 Å². The highest BCUT2D eigenvalue weighted by Gasteiger charge is 2.20. The van der Waals surface area contributed by atoms with E-state index < -0.39 is 10.0 Å². The van der Waals surface area contributed by atoms with Crippen molar-refractivity contribution in [1.82, 2.24) is 9.62 Å². The van der Waals surface area contributed by atoms with Crippen molar-refractivity contribution in [1.29, 1.82) is 0 Å². The Morgan fingerprint density at radius 1 is 1.20 bits per heavy atom. The van der Waals surface area contributed by atoms with Gasteiger partial charge in [0.2, 0.25) is 10.0 Å². The molecule has 0 aliphatic carbocycles. The predicted octanol–water partition coefficient (Wildman–Crippen LogP) is 1.10. The van der Waals surface area contributed by atoms with Crippen LogP contribution in [-0.4, -0.2) is 72.0 Å². The van der Waals surface area contributed by atoms with Crippen LogP contribution in [0.4, 0.5) is 0 Å². The summed E-state index contributed by atoms with van der Waals surface area (Å²) in [6.45, 7) is 9.13. The zero-order valence-corrected chi connectivity index (χ0v) is 15.8. The molecule has 1 fully saturated rings. The highest BCUT2D eigenvalue weighted by Crippen LogP contribution is 2.16. The third kappa shape index (κ3) is 6.91. The maximum atomic E-state index is 12.5. The lowest BCUT2D eigenvalue weighted by atomic mass is 10.3. The largest absolute Gasteiger partial charge is 0.491 e. The lowest BCUT2D eigenvalue weighted by Crippen LogP contribution is -2.45. The van der Waals surface area contributed by atoms with Crippen LogP contribution in [0.1, 0.15) is 13.8 Å². The summed E-state index contributed by atoms with van der Waals surface area (Å²) < 4.78 is 43.7. The number of hydrogen-bond donors (Lipinski definition) is 1. The first-order valence-electron chi connectivity index (χ1n) is 8.64. The summed E-state index contributed by atoms with van der Waals surface area (Å²) in [6.07, 6.45) is 0. The standard InChI is InChI=1S/C17H28N2O5S/c1-3-22-12-13-24-16-4-6-17(7-5-16)25(20,21)18-15(2)14-19-8-10-23-11-9-19/h4-7,15,18H,3,8-14H2,1-2H3. The molecule has 1 atom stereocenters. The van der Waals surface area contributed by atoms with E-state index in [-0.39, 0.29) is 10.9 Å². The van der Waals surface area contributed by atoms with Crippen LogP contribution in [0.25, 0.3) is 0 Å². The van der Waals surface area contributed by atoms with E-state index in [4.69, 9.17) is 14.2 Å². The van der Waals surface area contributed by atoms with Gasteiger partial charge in [-0.3, -0.25) is 4.90 Å². The van der Waals surface area contributed by atoms with Gasteiger partial charge in [0, 0.05) is 32.3 Å². The molecule has 0 spiro atoms. The molecule has 0 amide bonds. The van der Waals surface area contributed by atoms with Crippen LogP contribution in [-0.2, 0) is 19.5 Å². The lowest BCUT2D eigenvalue weighted by Gasteiger charge is -2.29. The molecule has 8 heteroatoms. The molecule has 2 rings (SSSR count). The molecule has 1 aromatic rings. The lowest BCUT2D eigenvalue weighted by molar-refractivity contribution is 0.0354. The van der Waals surface area contributed by atoms with Crippen molar-refractivity contribution >= 4 is 10.0 Å². The van der Waals surface area contributed by atoms with E-state index >= 15 is 0 Å². The van der Waals surface area contributed by atoms with Crippen molar-refractivity contribution in [2.45, 2.75) is 24.8 Å². The van der Waals surface area contributed by atoms with Crippen molar-refractivity contribution in [2.24, 2.45) is 0 Å². The van der Waals surface area contributed by atoms with Gasteiger partial charge in [-0.15, -0.1) is 0 Å². The molecule has 7 nitrogen and oxygen atoms in total. The molecule has 0 radical (unpaired) electrons. The third-order valence-electron chi connectivity index (χ3n) is 3.83. The van der Waals surface area contributed by atoms with E-state index in [2.05, 4.69) is 9.62 Å². The first kappa shape index (κ1) is 20.1. The molecular formula is C17H28N2O5S. The number of benzene rings is 1. The number of nitrogens with zero attached hydrogens (tertiary/aromatic N) is 1. The molecule has 142 valence electrons. The number of nitrogens with one attached hydrogen (secondary N) is 1. The second-order valence-corrected chi connectivity index (χ2v) is 7.67. The molecule has 0 bridgehead atoms. The molecule has 1 saturated heterocycles. The van der Waals surface area contributed by atoms with Gasteiger partial charge in [0.05, 0.1) is 24.7 Å². The van der Waals surface area contributed by atoms with E-state index in [1.54, 1.807) is 24.3 Å². The van der Waals surface area contributed by atoms with Gasteiger partial charge >= 0.3 is 0 Å².